The van der Waals surface area contributed by atoms with Gasteiger partial charge in [0.2, 0.25) is 5.91 Å². The average Bonchev–Trinajstić information content (AvgIpc) is 2.23. The number of hydrogen-bond acceptors (Lipinski definition) is 2. The second-order valence-electron chi connectivity index (χ2n) is 3.82. The predicted molar refractivity (Wildman–Crippen MR) is 57.9 cm³/mol. The molecule has 5 heteroatoms. The molecule has 0 fully saturated rings. The summed E-state index contributed by atoms with van der Waals surface area (Å²) in [6, 6.07) is 3.36. The van der Waals surface area contributed by atoms with E-state index in [2.05, 4.69) is 5.32 Å². The number of carbonyl (C=O) groups excluding carboxylic acids is 1. The highest BCUT2D eigenvalue weighted by Gasteiger charge is 2.27. The molecule has 0 radical (unpaired) electrons. The third kappa shape index (κ3) is 2.55. The number of nitrogens with two attached hydrogens (primary N) is 1. The highest BCUT2D eigenvalue weighted by atomic mass is 19.1. The van der Waals surface area contributed by atoms with E-state index >= 15 is 0 Å². The average molecular weight is 228 g/mol. The maximum Gasteiger partial charge on any atom is 0.244 e. The number of benzene rings is 1. The van der Waals surface area contributed by atoms with E-state index in [0.29, 0.717) is 6.42 Å². The minimum Gasteiger partial charge on any atom is -0.320 e. The zero-order valence-corrected chi connectivity index (χ0v) is 9.18. The highest BCUT2D eigenvalue weighted by molar-refractivity contribution is 5.97. The number of para-hydroxylation sites is 1. The Morgan fingerprint density at radius 1 is 1.44 bits per heavy atom. The van der Waals surface area contributed by atoms with Crippen LogP contribution in [0.4, 0.5) is 14.5 Å². The zero-order valence-electron chi connectivity index (χ0n) is 9.18. The lowest BCUT2D eigenvalue weighted by atomic mass is 9.99. The molecule has 0 saturated carbocycles. The van der Waals surface area contributed by atoms with Gasteiger partial charge in [-0.3, -0.25) is 4.79 Å². The first kappa shape index (κ1) is 12.6. The van der Waals surface area contributed by atoms with Gasteiger partial charge in [0, 0.05) is 0 Å². The molecule has 0 bridgehead atoms. The van der Waals surface area contributed by atoms with Crippen LogP contribution in [-0.4, -0.2) is 11.4 Å². The van der Waals surface area contributed by atoms with Crippen LogP contribution >= 0.6 is 0 Å². The Kier molecular flexibility index (Phi) is 3.59. The van der Waals surface area contributed by atoms with Gasteiger partial charge in [0.1, 0.15) is 17.3 Å². The van der Waals surface area contributed by atoms with Gasteiger partial charge in [0.25, 0.3) is 0 Å². The summed E-state index contributed by atoms with van der Waals surface area (Å²) in [5.41, 5.74) is 4.05. The normalized spacial score (nSPS) is 14.3. The number of halogens is 2. The van der Waals surface area contributed by atoms with E-state index in [0.717, 1.165) is 12.1 Å². The predicted octanol–water partition coefficient (Wildman–Crippen LogP) is 2.03. The number of carbonyl (C=O) groups is 1. The van der Waals surface area contributed by atoms with Crippen molar-refractivity contribution in [3.8, 4) is 0 Å². The SMILES string of the molecule is CCC(C)(N)C(=O)Nc1c(F)cccc1F. The van der Waals surface area contributed by atoms with E-state index in [9.17, 15) is 13.6 Å². The van der Waals surface area contributed by atoms with Gasteiger partial charge in [-0.1, -0.05) is 13.0 Å². The number of hydrogen-bond donors (Lipinski definition) is 2. The smallest absolute Gasteiger partial charge is 0.244 e. The Labute approximate surface area is 92.6 Å². The molecule has 1 aromatic rings. The van der Waals surface area contributed by atoms with Crippen molar-refractivity contribution in [1.29, 1.82) is 0 Å². The zero-order chi connectivity index (χ0) is 12.3. The van der Waals surface area contributed by atoms with Gasteiger partial charge >= 0.3 is 0 Å². The fourth-order valence-corrected chi connectivity index (χ4v) is 1.03. The summed E-state index contributed by atoms with van der Waals surface area (Å²) < 4.78 is 26.4. The second-order valence-corrected chi connectivity index (χ2v) is 3.82. The number of amides is 1. The van der Waals surface area contributed by atoms with Crippen molar-refractivity contribution >= 4 is 11.6 Å². The first-order valence-corrected chi connectivity index (χ1v) is 4.93. The van der Waals surface area contributed by atoms with Gasteiger partial charge in [-0.25, -0.2) is 8.78 Å². The molecule has 1 unspecified atom stereocenters. The Hall–Kier alpha value is -1.49. The largest absolute Gasteiger partial charge is 0.320 e. The maximum atomic E-state index is 13.2. The van der Waals surface area contributed by atoms with Crippen LogP contribution in [0.25, 0.3) is 0 Å². The van der Waals surface area contributed by atoms with Crippen LogP contribution in [0.15, 0.2) is 18.2 Å². The standard InChI is InChI=1S/C11H14F2N2O/c1-3-11(2,14)10(16)15-9-7(12)5-4-6-8(9)13/h4-6H,3,14H2,1-2H3,(H,15,16). The molecule has 1 atom stereocenters. The summed E-state index contributed by atoms with van der Waals surface area (Å²) in [4.78, 5) is 11.6. The molecule has 3 nitrogen and oxygen atoms in total. The Morgan fingerprint density at radius 2 is 1.94 bits per heavy atom. The molecular formula is C11H14F2N2O. The summed E-state index contributed by atoms with van der Waals surface area (Å²) in [5, 5.41) is 2.16. The lowest BCUT2D eigenvalue weighted by Gasteiger charge is -2.21. The minimum absolute atomic E-state index is 0.370. The van der Waals surface area contributed by atoms with Gasteiger partial charge in [-0.05, 0) is 25.5 Å². The lowest BCUT2D eigenvalue weighted by molar-refractivity contribution is -0.120. The van der Waals surface area contributed by atoms with Crippen molar-refractivity contribution in [3.05, 3.63) is 29.8 Å². The van der Waals surface area contributed by atoms with Crippen LogP contribution in [0.3, 0.4) is 0 Å². The maximum absolute atomic E-state index is 13.2. The first-order chi connectivity index (χ1) is 7.38. The molecule has 0 heterocycles. The quantitative estimate of drug-likeness (QED) is 0.831. The molecule has 1 rings (SSSR count). The van der Waals surface area contributed by atoms with Crippen LogP contribution in [-0.2, 0) is 4.79 Å². The monoisotopic (exact) mass is 228 g/mol. The fraction of sp³-hybridized carbons (Fsp3) is 0.364. The van der Waals surface area contributed by atoms with Crippen LogP contribution in [0.2, 0.25) is 0 Å². The molecule has 1 amide bonds. The minimum atomic E-state index is -1.14. The molecule has 16 heavy (non-hydrogen) atoms. The molecule has 88 valence electrons. The Morgan fingerprint density at radius 3 is 2.38 bits per heavy atom. The topological polar surface area (TPSA) is 55.1 Å². The van der Waals surface area contributed by atoms with Crippen LogP contribution in [0, 0.1) is 11.6 Å². The van der Waals surface area contributed by atoms with Gasteiger partial charge in [0.15, 0.2) is 0 Å². The van der Waals surface area contributed by atoms with Crippen molar-refractivity contribution in [2.45, 2.75) is 25.8 Å². The van der Waals surface area contributed by atoms with E-state index in [1.165, 1.54) is 13.0 Å². The summed E-state index contributed by atoms with van der Waals surface area (Å²) in [5.74, 6) is -2.25. The molecule has 0 aliphatic rings. The fourth-order valence-electron chi connectivity index (χ4n) is 1.03. The number of nitrogens with one attached hydrogen (secondary N) is 1. The Balaban J connectivity index is 2.94. The molecule has 0 aliphatic carbocycles. The molecule has 1 aromatic carbocycles. The van der Waals surface area contributed by atoms with Gasteiger partial charge < -0.3 is 11.1 Å². The summed E-state index contributed by atoms with van der Waals surface area (Å²) >= 11 is 0. The van der Waals surface area contributed by atoms with E-state index in [-0.39, 0.29) is 0 Å². The number of anilines is 1. The molecule has 3 N–H and O–H groups in total. The van der Waals surface area contributed by atoms with Gasteiger partial charge in [0.05, 0.1) is 5.54 Å². The van der Waals surface area contributed by atoms with E-state index in [4.69, 9.17) is 5.73 Å². The van der Waals surface area contributed by atoms with E-state index in [1.807, 2.05) is 0 Å². The first-order valence-electron chi connectivity index (χ1n) is 4.93. The molecule has 0 spiro atoms. The number of rotatable bonds is 3. The van der Waals surface area contributed by atoms with Crippen LogP contribution in [0.5, 0.6) is 0 Å². The summed E-state index contributed by atoms with van der Waals surface area (Å²) in [6.07, 6.45) is 0.370. The van der Waals surface area contributed by atoms with Crippen molar-refractivity contribution in [3.63, 3.8) is 0 Å². The van der Waals surface area contributed by atoms with Gasteiger partial charge in [-0.15, -0.1) is 0 Å². The molecule has 0 aliphatic heterocycles. The molecular weight excluding hydrogens is 214 g/mol. The second kappa shape index (κ2) is 4.57. The molecule has 0 saturated heterocycles. The van der Waals surface area contributed by atoms with Crippen molar-refractivity contribution in [2.24, 2.45) is 5.73 Å². The van der Waals surface area contributed by atoms with E-state index < -0.39 is 28.8 Å². The van der Waals surface area contributed by atoms with Gasteiger partial charge in [-0.2, -0.15) is 0 Å². The third-order valence-electron chi connectivity index (χ3n) is 2.45. The summed E-state index contributed by atoms with van der Waals surface area (Å²) in [7, 11) is 0. The Bertz CT molecular complexity index is 385. The third-order valence-corrected chi connectivity index (χ3v) is 2.45. The van der Waals surface area contributed by atoms with Crippen molar-refractivity contribution in [2.75, 3.05) is 5.32 Å². The van der Waals surface area contributed by atoms with Crippen molar-refractivity contribution < 1.29 is 13.6 Å². The van der Waals surface area contributed by atoms with Crippen LogP contribution in [0.1, 0.15) is 20.3 Å². The summed E-state index contributed by atoms with van der Waals surface area (Å²) in [6.45, 7) is 3.22. The van der Waals surface area contributed by atoms with E-state index in [1.54, 1.807) is 6.92 Å². The lowest BCUT2D eigenvalue weighted by Crippen LogP contribution is -2.48. The van der Waals surface area contributed by atoms with Crippen LogP contribution < -0.4 is 11.1 Å². The molecule has 0 aromatic heterocycles. The highest BCUT2D eigenvalue weighted by Crippen LogP contribution is 2.19. The van der Waals surface area contributed by atoms with Crippen molar-refractivity contribution in [1.82, 2.24) is 0 Å².